The molecule has 10 atom stereocenters. The van der Waals surface area contributed by atoms with Crippen molar-refractivity contribution in [1.82, 2.24) is 0 Å². The Morgan fingerprint density at radius 1 is 0.500 bits per heavy atom. The minimum atomic E-state index is -0.0696. The summed E-state index contributed by atoms with van der Waals surface area (Å²) in [6, 6.07) is 0. The Balaban J connectivity index is 0.000000157. The Morgan fingerprint density at radius 3 is 1.20 bits per heavy atom. The summed E-state index contributed by atoms with van der Waals surface area (Å²) in [6.45, 7) is 13.1. The highest BCUT2D eigenvalue weighted by Crippen LogP contribution is 2.54. The van der Waals surface area contributed by atoms with Crippen molar-refractivity contribution >= 4 is 0 Å². The molecule has 8 fully saturated rings. The molecule has 50 heavy (non-hydrogen) atoms. The Morgan fingerprint density at radius 2 is 0.880 bits per heavy atom. The topological polar surface area (TPSA) is 68.6 Å². The standard InChI is InChI=1S/2C22H38O3/c1-3-17-9-5-7-11-21(17,13-19-15-23-19)25-22(14-20-16-24-20)12-8-6-10-18(22)4-2;1-3-21(19-15-23-19,17-11-7-5-8-12-17)25-22(4-2,20-16-24-20)18-13-9-6-10-14-18/h2*17-20H,3-16H2,1-2H3. The van der Waals surface area contributed by atoms with Crippen LogP contribution in [0.5, 0.6) is 0 Å². The second kappa shape index (κ2) is 16.6. The molecule has 8 rings (SSSR count). The van der Waals surface area contributed by atoms with Gasteiger partial charge in [-0.1, -0.05) is 105 Å². The lowest BCUT2D eigenvalue weighted by molar-refractivity contribution is -0.235. The zero-order valence-corrected chi connectivity index (χ0v) is 32.9. The fourth-order valence-corrected chi connectivity index (χ4v) is 12.4. The van der Waals surface area contributed by atoms with Crippen LogP contribution in [0, 0.1) is 23.7 Å². The molecule has 6 heteroatoms. The van der Waals surface area contributed by atoms with Gasteiger partial charge in [-0.2, -0.15) is 0 Å². The number of hydrogen-bond acceptors (Lipinski definition) is 6. The van der Waals surface area contributed by atoms with Crippen molar-refractivity contribution in [2.75, 3.05) is 26.4 Å². The van der Waals surface area contributed by atoms with Crippen LogP contribution in [0.15, 0.2) is 0 Å². The van der Waals surface area contributed by atoms with Gasteiger partial charge in [-0.15, -0.1) is 0 Å². The van der Waals surface area contributed by atoms with Crippen LogP contribution in [-0.2, 0) is 28.4 Å². The molecule has 0 amide bonds. The molecule has 4 saturated carbocycles. The van der Waals surface area contributed by atoms with Gasteiger partial charge in [0, 0.05) is 12.8 Å². The van der Waals surface area contributed by atoms with Gasteiger partial charge >= 0.3 is 0 Å². The molecular weight excluding hydrogens is 624 g/mol. The monoisotopic (exact) mass is 701 g/mol. The summed E-state index contributed by atoms with van der Waals surface area (Å²) in [5.74, 6) is 2.77. The van der Waals surface area contributed by atoms with Gasteiger partial charge in [0.05, 0.1) is 61.0 Å². The van der Waals surface area contributed by atoms with E-state index in [4.69, 9.17) is 28.4 Å². The van der Waals surface area contributed by atoms with E-state index in [9.17, 15) is 0 Å². The molecule has 0 radical (unpaired) electrons. The van der Waals surface area contributed by atoms with Crippen LogP contribution in [0.2, 0.25) is 0 Å². The lowest BCUT2D eigenvalue weighted by Crippen LogP contribution is -2.58. The molecule has 0 spiro atoms. The van der Waals surface area contributed by atoms with Gasteiger partial charge in [0.25, 0.3) is 0 Å². The van der Waals surface area contributed by atoms with Gasteiger partial charge in [-0.05, 0) is 87.9 Å². The molecule has 0 aromatic carbocycles. The third kappa shape index (κ3) is 8.36. The van der Waals surface area contributed by atoms with Gasteiger partial charge < -0.3 is 28.4 Å². The maximum Gasteiger partial charge on any atom is 0.110 e. The van der Waals surface area contributed by atoms with Gasteiger partial charge in [0.15, 0.2) is 0 Å². The Labute approximate surface area is 306 Å². The van der Waals surface area contributed by atoms with Gasteiger partial charge in [-0.25, -0.2) is 0 Å². The minimum Gasteiger partial charge on any atom is -0.373 e. The van der Waals surface area contributed by atoms with E-state index in [-0.39, 0.29) is 22.4 Å². The number of hydrogen-bond donors (Lipinski definition) is 0. The number of ether oxygens (including phenoxy) is 6. The van der Waals surface area contributed by atoms with Crippen LogP contribution in [0.4, 0.5) is 0 Å². The van der Waals surface area contributed by atoms with Crippen LogP contribution in [-0.4, -0.2) is 73.2 Å². The summed E-state index contributed by atoms with van der Waals surface area (Å²) in [6.07, 6.45) is 32.7. The summed E-state index contributed by atoms with van der Waals surface area (Å²) in [4.78, 5) is 0. The van der Waals surface area contributed by atoms with Gasteiger partial charge in [-0.3, -0.25) is 0 Å². The molecule has 4 heterocycles. The van der Waals surface area contributed by atoms with Crippen molar-refractivity contribution in [3.8, 4) is 0 Å². The lowest BCUT2D eigenvalue weighted by Gasteiger charge is -2.54. The van der Waals surface area contributed by atoms with Crippen molar-refractivity contribution in [3.63, 3.8) is 0 Å². The van der Waals surface area contributed by atoms with Crippen LogP contribution in [0.1, 0.15) is 182 Å². The Kier molecular flexibility index (Phi) is 12.7. The van der Waals surface area contributed by atoms with Crippen LogP contribution in [0.25, 0.3) is 0 Å². The average Bonchev–Trinajstić information content (AvgIpc) is 3.95. The predicted molar refractivity (Wildman–Crippen MR) is 200 cm³/mol. The summed E-state index contributed by atoms with van der Waals surface area (Å²) >= 11 is 0. The molecule has 8 aliphatic rings. The first-order chi connectivity index (χ1) is 24.4. The average molecular weight is 701 g/mol. The summed E-state index contributed by atoms with van der Waals surface area (Å²) in [7, 11) is 0. The van der Waals surface area contributed by atoms with E-state index in [1.54, 1.807) is 0 Å². The summed E-state index contributed by atoms with van der Waals surface area (Å²) in [5, 5.41) is 0. The van der Waals surface area contributed by atoms with E-state index in [0.717, 1.165) is 52.1 Å². The van der Waals surface area contributed by atoms with Crippen molar-refractivity contribution in [3.05, 3.63) is 0 Å². The number of rotatable bonds is 16. The highest BCUT2D eigenvalue weighted by atomic mass is 16.6. The molecule has 10 unspecified atom stereocenters. The Hall–Kier alpha value is -0.240. The first-order valence-electron chi connectivity index (χ1n) is 22.3. The highest BCUT2D eigenvalue weighted by molar-refractivity contribution is 5.09. The minimum absolute atomic E-state index is 0.0633. The second-order valence-electron chi connectivity index (χ2n) is 18.3. The van der Waals surface area contributed by atoms with E-state index in [2.05, 4.69) is 27.7 Å². The Bertz CT molecular complexity index is 961. The molecular formula is C44H76O6. The molecule has 4 aliphatic carbocycles. The third-order valence-corrected chi connectivity index (χ3v) is 15.5. The van der Waals surface area contributed by atoms with Crippen molar-refractivity contribution in [2.45, 2.75) is 229 Å². The van der Waals surface area contributed by atoms with Gasteiger partial charge in [0.2, 0.25) is 0 Å². The van der Waals surface area contributed by atoms with Gasteiger partial charge in [0.1, 0.15) is 12.2 Å². The second-order valence-corrected chi connectivity index (χ2v) is 18.3. The highest BCUT2D eigenvalue weighted by Gasteiger charge is 2.61. The number of epoxide rings is 4. The molecule has 0 aromatic rings. The maximum atomic E-state index is 7.46. The maximum absolute atomic E-state index is 7.46. The van der Waals surface area contributed by atoms with E-state index in [1.807, 2.05) is 0 Å². The first-order valence-corrected chi connectivity index (χ1v) is 22.3. The van der Waals surface area contributed by atoms with Crippen molar-refractivity contribution in [1.29, 1.82) is 0 Å². The van der Waals surface area contributed by atoms with E-state index in [1.165, 1.54) is 128 Å². The summed E-state index contributed by atoms with van der Waals surface area (Å²) in [5.41, 5.74) is -0.0126. The van der Waals surface area contributed by atoms with Crippen LogP contribution < -0.4 is 0 Å². The molecule has 0 N–H and O–H groups in total. The van der Waals surface area contributed by atoms with Crippen LogP contribution in [0.3, 0.4) is 0 Å². The van der Waals surface area contributed by atoms with Crippen molar-refractivity contribution in [2.24, 2.45) is 23.7 Å². The predicted octanol–water partition coefficient (Wildman–Crippen LogP) is 10.5. The molecule has 4 aliphatic heterocycles. The van der Waals surface area contributed by atoms with E-state index in [0.29, 0.717) is 48.1 Å². The zero-order chi connectivity index (χ0) is 34.7. The molecule has 6 nitrogen and oxygen atoms in total. The summed E-state index contributed by atoms with van der Waals surface area (Å²) < 4.78 is 38.1. The van der Waals surface area contributed by atoms with Crippen molar-refractivity contribution < 1.29 is 28.4 Å². The normalized spacial score (nSPS) is 41.3. The fraction of sp³-hybridized carbons (Fsp3) is 1.00. The van der Waals surface area contributed by atoms with Crippen LogP contribution >= 0.6 is 0 Å². The first kappa shape index (κ1) is 38.1. The smallest absolute Gasteiger partial charge is 0.110 e. The lowest BCUT2D eigenvalue weighted by atomic mass is 9.67. The zero-order valence-electron chi connectivity index (χ0n) is 32.9. The largest absolute Gasteiger partial charge is 0.373 e. The fourth-order valence-electron chi connectivity index (χ4n) is 12.4. The molecule has 288 valence electrons. The molecule has 0 aromatic heterocycles. The molecule has 0 bridgehead atoms. The third-order valence-electron chi connectivity index (χ3n) is 15.5. The van der Waals surface area contributed by atoms with E-state index >= 15 is 0 Å². The molecule has 4 saturated heterocycles. The quantitative estimate of drug-likeness (QED) is 0.149. The van der Waals surface area contributed by atoms with E-state index < -0.39 is 0 Å². The SMILES string of the molecule is CCC(OC(CC)(C1CCCCC1)C1CO1)(C1CCCCC1)C1CO1.CCC1CCCCC1(CC1CO1)OC1(CC2CO2)CCCCC1CC.